The minimum atomic E-state index is -0.560. The molecule has 4 heterocycles. The Bertz CT molecular complexity index is 918. The summed E-state index contributed by atoms with van der Waals surface area (Å²) in [5.41, 5.74) is 4.77. The number of cyclic esters (lactones) is 1. The van der Waals surface area contributed by atoms with Crippen molar-refractivity contribution in [2.75, 3.05) is 6.61 Å². The van der Waals surface area contributed by atoms with Crippen LogP contribution >= 0.6 is 0 Å². The van der Waals surface area contributed by atoms with E-state index in [0.717, 1.165) is 22.5 Å². The predicted octanol–water partition coefficient (Wildman–Crippen LogP) is 3.81. The van der Waals surface area contributed by atoms with Gasteiger partial charge in [-0.05, 0) is 30.7 Å². The smallest absolute Gasteiger partial charge is 0.340 e. The van der Waals surface area contributed by atoms with E-state index >= 15 is 0 Å². The maximum atomic E-state index is 13.5. The summed E-state index contributed by atoms with van der Waals surface area (Å²) in [6.45, 7) is 6.22. The second-order valence-electron chi connectivity index (χ2n) is 5.22. The van der Waals surface area contributed by atoms with Gasteiger partial charge in [-0.1, -0.05) is 13.8 Å². The molecule has 0 bridgehead atoms. The maximum absolute atomic E-state index is 13.5. The third kappa shape index (κ3) is 2.54. The predicted molar refractivity (Wildman–Crippen MR) is 89.4 cm³/mol. The van der Waals surface area contributed by atoms with Gasteiger partial charge in [0.15, 0.2) is 0 Å². The largest absolute Gasteiger partial charge is 0.462 e. The summed E-state index contributed by atoms with van der Waals surface area (Å²) in [6, 6.07) is 4.64. The van der Waals surface area contributed by atoms with Gasteiger partial charge in [-0.25, -0.2) is 9.78 Å². The number of esters is 1. The van der Waals surface area contributed by atoms with Crippen LogP contribution in [0.25, 0.3) is 22.3 Å². The number of aromatic nitrogens is 3. The van der Waals surface area contributed by atoms with E-state index in [1.165, 1.54) is 6.07 Å². The van der Waals surface area contributed by atoms with E-state index in [1.807, 2.05) is 20.8 Å². The van der Waals surface area contributed by atoms with Crippen molar-refractivity contribution in [3.05, 3.63) is 47.2 Å². The van der Waals surface area contributed by atoms with Crippen LogP contribution in [0.5, 0.6) is 0 Å². The molecule has 124 valence electrons. The second kappa shape index (κ2) is 6.39. The minimum absolute atomic E-state index is 0.321. The highest BCUT2D eigenvalue weighted by Gasteiger charge is 2.26. The van der Waals surface area contributed by atoms with Crippen molar-refractivity contribution < 1.29 is 13.9 Å². The highest BCUT2D eigenvalue weighted by molar-refractivity contribution is 5.98. The first-order valence-electron chi connectivity index (χ1n) is 7.95. The van der Waals surface area contributed by atoms with Crippen LogP contribution in [0.15, 0.2) is 24.4 Å². The van der Waals surface area contributed by atoms with Gasteiger partial charge in [0.1, 0.15) is 5.52 Å². The van der Waals surface area contributed by atoms with Crippen molar-refractivity contribution in [2.24, 2.45) is 0 Å². The number of pyridine rings is 2. The summed E-state index contributed by atoms with van der Waals surface area (Å²) >= 11 is 0. The average molecular weight is 327 g/mol. The van der Waals surface area contributed by atoms with Crippen molar-refractivity contribution >= 4 is 17.0 Å². The van der Waals surface area contributed by atoms with Crippen LogP contribution in [0.1, 0.15) is 35.5 Å². The van der Waals surface area contributed by atoms with E-state index in [2.05, 4.69) is 15.0 Å². The lowest BCUT2D eigenvalue weighted by atomic mass is 10.0. The quantitative estimate of drug-likeness (QED) is 0.545. The monoisotopic (exact) mass is 327 g/mol. The van der Waals surface area contributed by atoms with Gasteiger partial charge in [-0.2, -0.15) is 4.39 Å². The fraction of sp³-hybridized carbons (Fsp3) is 0.278. The standard InChI is InChI=1S/C16H12FN3O2.C2H6/c1-8-13-10(5-7-22-16(13)21)19-14(8)9-4-6-18-11-2-3-12(17)20-15(9)11;1-2/h2-4,6,19H,5,7H2,1H3;1-2H3. The SMILES string of the molecule is CC.Cc1c(-c2ccnc3ccc(F)nc23)[nH]c2c1C(=O)OCC2. The molecule has 0 fully saturated rings. The summed E-state index contributed by atoms with van der Waals surface area (Å²) in [5, 5.41) is 0. The highest BCUT2D eigenvalue weighted by atomic mass is 19.1. The molecule has 3 aromatic heterocycles. The third-order valence-corrected chi connectivity index (χ3v) is 3.94. The van der Waals surface area contributed by atoms with Crippen molar-refractivity contribution in [1.29, 1.82) is 0 Å². The molecule has 4 rings (SSSR count). The number of carbonyl (C=O) groups excluding carboxylic acids is 1. The number of nitrogens with zero attached hydrogens (tertiary/aromatic N) is 2. The summed E-state index contributed by atoms with van der Waals surface area (Å²) in [7, 11) is 0. The van der Waals surface area contributed by atoms with Crippen LogP contribution in [0.2, 0.25) is 0 Å². The van der Waals surface area contributed by atoms with Crippen LogP contribution in [-0.2, 0) is 11.2 Å². The van der Waals surface area contributed by atoms with Crippen LogP contribution in [-0.4, -0.2) is 27.5 Å². The summed E-state index contributed by atoms with van der Waals surface area (Å²) in [6.07, 6.45) is 2.29. The van der Waals surface area contributed by atoms with Gasteiger partial charge in [-0.3, -0.25) is 4.98 Å². The first-order valence-corrected chi connectivity index (χ1v) is 7.95. The molecule has 0 aliphatic carbocycles. The highest BCUT2D eigenvalue weighted by Crippen LogP contribution is 2.33. The fourth-order valence-electron chi connectivity index (χ4n) is 2.91. The Labute approximate surface area is 138 Å². The number of ether oxygens (including phenoxy) is 1. The molecule has 24 heavy (non-hydrogen) atoms. The Balaban J connectivity index is 0.000000815. The molecule has 5 nitrogen and oxygen atoms in total. The van der Waals surface area contributed by atoms with Crippen LogP contribution in [0.3, 0.4) is 0 Å². The Hall–Kier alpha value is -2.76. The van der Waals surface area contributed by atoms with E-state index in [1.54, 1.807) is 18.3 Å². The van der Waals surface area contributed by atoms with Crippen LogP contribution < -0.4 is 0 Å². The molecule has 0 saturated carbocycles. The zero-order valence-corrected chi connectivity index (χ0v) is 13.8. The molecule has 0 spiro atoms. The Morgan fingerprint density at radius 3 is 2.79 bits per heavy atom. The number of hydrogen-bond acceptors (Lipinski definition) is 4. The molecule has 3 aromatic rings. The molecule has 0 aromatic carbocycles. The Kier molecular flexibility index (Phi) is 4.29. The van der Waals surface area contributed by atoms with Crippen molar-refractivity contribution in [1.82, 2.24) is 15.0 Å². The van der Waals surface area contributed by atoms with Gasteiger partial charge in [-0.15, -0.1) is 0 Å². The Morgan fingerprint density at radius 2 is 2.04 bits per heavy atom. The van der Waals surface area contributed by atoms with E-state index in [-0.39, 0.29) is 5.97 Å². The number of aromatic amines is 1. The molecular weight excluding hydrogens is 309 g/mol. The third-order valence-electron chi connectivity index (χ3n) is 3.94. The normalized spacial score (nSPS) is 13.1. The maximum Gasteiger partial charge on any atom is 0.340 e. The van der Waals surface area contributed by atoms with Gasteiger partial charge in [0, 0.05) is 23.9 Å². The molecule has 6 heteroatoms. The molecule has 1 aliphatic heterocycles. The summed E-state index contributed by atoms with van der Waals surface area (Å²) in [5.74, 6) is -0.881. The van der Waals surface area contributed by atoms with E-state index in [9.17, 15) is 9.18 Å². The molecule has 0 unspecified atom stereocenters. The van der Waals surface area contributed by atoms with Crippen LogP contribution in [0, 0.1) is 12.9 Å². The molecular formula is C18H18FN3O2. The van der Waals surface area contributed by atoms with Gasteiger partial charge < -0.3 is 9.72 Å². The zero-order chi connectivity index (χ0) is 17.3. The minimum Gasteiger partial charge on any atom is -0.462 e. The van der Waals surface area contributed by atoms with Crippen molar-refractivity contribution in [2.45, 2.75) is 27.2 Å². The van der Waals surface area contributed by atoms with Gasteiger partial charge >= 0.3 is 5.97 Å². The number of nitrogens with one attached hydrogen (secondary N) is 1. The van der Waals surface area contributed by atoms with Gasteiger partial charge in [0.05, 0.1) is 23.4 Å². The van der Waals surface area contributed by atoms with Crippen LogP contribution in [0.4, 0.5) is 4.39 Å². The molecule has 1 N–H and O–H groups in total. The van der Waals surface area contributed by atoms with E-state index in [0.29, 0.717) is 29.6 Å². The summed E-state index contributed by atoms with van der Waals surface area (Å²) in [4.78, 5) is 23.4. The summed E-state index contributed by atoms with van der Waals surface area (Å²) < 4.78 is 18.6. The van der Waals surface area contributed by atoms with Crippen molar-refractivity contribution in [3.63, 3.8) is 0 Å². The molecule has 0 amide bonds. The lowest BCUT2D eigenvalue weighted by Crippen LogP contribution is -2.17. The lowest BCUT2D eigenvalue weighted by Gasteiger charge is -2.11. The number of rotatable bonds is 1. The zero-order valence-electron chi connectivity index (χ0n) is 13.8. The number of halogens is 1. The molecule has 1 aliphatic rings. The Morgan fingerprint density at radius 1 is 1.25 bits per heavy atom. The van der Waals surface area contributed by atoms with E-state index < -0.39 is 5.95 Å². The van der Waals surface area contributed by atoms with Gasteiger partial charge in [0.25, 0.3) is 0 Å². The number of carbonyl (C=O) groups is 1. The average Bonchev–Trinajstić information content (AvgIpc) is 2.94. The topological polar surface area (TPSA) is 67.9 Å². The first kappa shape index (κ1) is 16.1. The molecule has 0 atom stereocenters. The molecule has 0 saturated heterocycles. The lowest BCUT2D eigenvalue weighted by molar-refractivity contribution is 0.0478. The van der Waals surface area contributed by atoms with Gasteiger partial charge in [0.2, 0.25) is 5.95 Å². The van der Waals surface area contributed by atoms with Crippen molar-refractivity contribution in [3.8, 4) is 11.3 Å². The number of fused-ring (bicyclic) bond motifs is 2. The number of hydrogen-bond donors (Lipinski definition) is 1. The second-order valence-corrected chi connectivity index (χ2v) is 5.22. The van der Waals surface area contributed by atoms with E-state index in [4.69, 9.17) is 4.74 Å². The molecule has 0 radical (unpaired) electrons. The first-order chi connectivity index (χ1) is 11.6. The number of H-pyrrole nitrogens is 1. The fourth-order valence-corrected chi connectivity index (χ4v) is 2.91.